The van der Waals surface area contributed by atoms with Gasteiger partial charge >= 0.3 is 6.18 Å². The van der Waals surface area contributed by atoms with Gasteiger partial charge in [0.2, 0.25) is 10.0 Å². The summed E-state index contributed by atoms with van der Waals surface area (Å²) in [5.74, 6) is 0. The van der Waals surface area contributed by atoms with Gasteiger partial charge in [-0.2, -0.15) is 13.2 Å². The number of nitrogens with zero attached hydrogens (tertiary/aromatic N) is 1. The lowest BCUT2D eigenvalue weighted by Crippen LogP contribution is -2.65. The summed E-state index contributed by atoms with van der Waals surface area (Å²) in [6.45, 7) is 1.38. The molecule has 0 atom stereocenters. The number of hydrogen-bond acceptors (Lipinski definition) is 4. The Morgan fingerprint density at radius 3 is 2.39 bits per heavy atom. The van der Waals surface area contributed by atoms with Crippen molar-refractivity contribution < 1.29 is 26.7 Å². The lowest BCUT2D eigenvalue weighted by atomic mass is 9.55. The van der Waals surface area contributed by atoms with Gasteiger partial charge in [0, 0.05) is 23.5 Å². The van der Waals surface area contributed by atoms with Crippen molar-refractivity contribution in [3.05, 3.63) is 71.9 Å². The van der Waals surface area contributed by atoms with Gasteiger partial charge in [-0.05, 0) is 49.1 Å². The number of halogens is 3. The molecule has 0 spiro atoms. The Hall–Kier alpha value is -2.49. The second-order valence-electron chi connectivity index (χ2n) is 8.14. The summed E-state index contributed by atoms with van der Waals surface area (Å²) < 4.78 is 68.9. The van der Waals surface area contributed by atoms with Crippen LogP contribution >= 0.6 is 0 Å². The summed E-state index contributed by atoms with van der Waals surface area (Å²) in [5, 5.41) is 10.5. The number of aliphatic hydroxyl groups is 1. The minimum absolute atomic E-state index is 0.0479. The van der Waals surface area contributed by atoms with E-state index in [0.717, 1.165) is 0 Å². The van der Waals surface area contributed by atoms with E-state index < -0.39 is 40.1 Å². The van der Waals surface area contributed by atoms with Crippen LogP contribution in [0.3, 0.4) is 0 Å². The number of pyridine rings is 1. The van der Waals surface area contributed by atoms with E-state index in [1.807, 2.05) is 0 Å². The first-order valence-electron chi connectivity index (χ1n) is 9.66. The van der Waals surface area contributed by atoms with Gasteiger partial charge in [0.05, 0.1) is 10.4 Å². The highest BCUT2D eigenvalue weighted by Crippen LogP contribution is 2.56. The topological polar surface area (TPSA) is 79.3 Å². The molecule has 0 radical (unpaired) electrons. The fourth-order valence-electron chi connectivity index (χ4n) is 4.39. The van der Waals surface area contributed by atoms with Crippen LogP contribution in [0.15, 0.2) is 65.7 Å². The van der Waals surface area contributed by atoms with Gasteiger partial charge in [-0.15, -0.1) is 0 Å². The van der Waals surface area contributed by atoms with Crippen LogP contribution in [-0.2, 0) is 15.4 Å². The van der Waals surface area contributed by atoms with Crippen LogP contribution < -0.4 is 4.72 Å². The molecule has 3 aromatic rings. The summed E-state index contributed by atoms with van der Waals surface area (Å²) in [6, 6.07) is 15.0. The van der Waals surface area contributed by atoms with E-state index in [1.165, 1.54) is 0 Å². The van der Waals surface area contributed by atoms with Gasteiger partial charge in [-0.1, -0.05) is 36.4 Å². The molecular weight excluding hydrogens is 429 g/mol. The van der Waals surface area contributed by atoms with Crippen molar-refractivity contribution in [2.24, 2.45) is 0 Å². The van der Waals surface area contributed by atoms with Gasteiger partial charge < -0.3 is 5.11 Å². The normalized spacial score (nSPS) is 24.2. The highest BCUT2D eigenvalue weighted by atomic mass is 32.2. The molecule has 0 saturated heterocycles. The first-order valence-corrected chi connectivity index (χ1v) is 11.1. The lowest BCUT2D eigenvalue weighted by Gasteiger charge is -2.54. The van der Waals surface area contributed by atoms with E-state index in [-0.39, 0.29) is 11.4 Å². The summed E-state index contributed by atoms with van der Waals surface area (Å²) in [5.41, 5.74) is -2.46. The van der Waals surface area contributed by atoms with Crippen LogP contribution in [0.5, 0.6) is 0 Å². The minimum atomic E-state index is -4.79. The van der Waals surface area contributed by atoms with E-state index in [1.54, 1.807) is 67.7 Å². The molecule has 1 saturated carbocycles. The molecule has 9 heteroatoms. The number of fused-ring (bicyclic) bond motifs is 1. The first kappa shape index (κ1) is 21.7. The fraction of sp³-hybridized carbons (Fsp3) is 0.318. The molecule has 1 fully saturated rings. The molecule has 1 heterocycles. The van der Waals surface area contributed by atoms with Gasteiger partial charge in [0.15, 0.2) is 5.60 Å². The van der Waals surface area contributed by atoms with Crippen molar-refractivity contribution in [3.63, 3.8) is 0 Å². The molecule has 1 aliphatic rings. The predicted molar refractivity (Wildman–Crippen MR) is 110 cm³/mol. The first-order chi connectivity index (χ1) is 14.5. The van der Waals surface area contributed by atoms with Crippen molar-refractivity contribution in [1.82, 2.24) is 9.71 Å². The summed E-state index contributed by atoms with van der Waals surface area (Å²) in [7, 11) is -4.06. The second-order valence-corrected chi connectivity index (χ2v) is 9.84. The van der Waals surface area contributed by atoms with Crippen LogP contribution in [0.1, 0.15) is 24.0 Å². The molecular formula is C22H21F3N2O3S. The monoisotopic (exact) mass is 450 g/mol. The molecule has 5 nitrogen and oxygen atoms in total. The Morgan fingerprint density at radius 1 is 1.06 bits per heavy atom. The van der Waals surface area contributed by atoms with E-state index in [2.05, 4.69) is 9.71 Å². The molecule has 0 bridgehead atoms. The van der Waals surface area contributed by atoms with Crippen LogP contribution in [0, 0.1) is 6.92 Å². The number of hydrogen-bond donors (Lipinski definition) is 2. The minimum Gasteiger partial charge on any atom is -0.380 e. The zero-order chi connectivity index (χ0) is 22.5. The van der Waals surface area contributed by atoms with Crippen LogP contribution in [-0.4, -0.2) is 36.8 Å². The number of aryl methyl sites for hydroxylation is 1. The fourth-order valence-corrected chi connectivity index (χ4v) is 5.95. The smallest absolute Gasteiger partial charge is 0.380 e. The zero-order valence-electron chi connectivity index (χ0n) is 16.6. The van der Waals surface area contributed by atoms with E-state index in [4.69, 9.17) is 0 Å². The second kappa shape index (κ2) is 7.29. The maximum atomic E-state index is 13.3. The van der Waals surface area contributed by atoms with Crippen LogP contribution in [0.2, 0.25) is 0 Å². The third-order valence-electron chi connectivity index (χ3n) is 5.98. The standard InChI is InChI=1S/C22H21F3N2O3S/c1-15-9-10-18-17(8-5-11-26-18)19(15)31(29,30)27-14-20(16-6-3-2-4-7-16)12-21(28,13-20)22(23,24)25/h2-11,27-28H,12-14H2,1H3. The number of nitrogens with one attached hydrogen (secondary N) is 1. The van der Waals surface area contributed by atoms with E-state index >= 15 is 0 Å². The molecule has 1 aliphatic carbocycles. The van der Waals surface area contributed by atoms with E-state index in [9.17, 15) is 26.7 Å². The summed E-state index contributed by atoms with van der Waals surface area (Å²) in [4.78, 5) is 4.22. The third-order valence-corrected chi connectivity index (χ3v) is 7.58. The van der Waals surface area contributed by atoms with Gasteiger partial charge in [0.25, 0.3) is 0 Å². The van der Waals surface area contributed by atoms with Crippen LogP contribution in [0.4, 0.5) is 13.2 Å². The molecule has 164 valence electrons. The van der Waals surface area contributed by atoms with E-state index in [0.29, 0.717) is 22.0 Å². The molecule has 2 aromatic carbocycles. The van der Waals surface area contributed by atoms with Gasteiger partial charge in [0.1, 0.15) is 0 Å². The Balaban J connectivity index is 1.68. The number of rotatable bonds is 5. The molecule has 1 aromatic heterocycles. The highest BCUT2D eigenvalue weighted by Gasteiger charge is 2.67. The van der Waals surface area contributed by atoms with Crippen molar-refractivity contribution in [3.8, 4) is 0 Å². The predicted octanol–water partition coefficient (Wildman–Crippen LogP) is 3.85. The quantitative estimate of drug-likeness (QED) is 0.619. The summed E-state index contributed by atoms with van der Waals surface area (Å²) >= 11 is 0. The van der Waals surface area contributed by atoms with Gasteiger partial charge in [-0.25, -0.2) is 13.1 Å². The molecule has 4 rings (SSSR count). The van der Waals surface area contributed by atoms with Crippen molar-refractivity contribution in [2.45, 2.75) is 41.9 Å². The molecule has 0 unspecified atom stereocenters. The highest BCUT2D eigenvalue weighted by molar-refractivity contribution is 7.89. The summed E-state index contributed by atoms with van der Waals surface area (Å²) in [6.07, 6.45) is -4.47. The SMILES string of the molecule is Cc1ccc2ncccc2c1S(=O)(=O)NCC1(c2ccccc2)CC(O)(C(F)(F)F)C1. The average molecular weight is 450 g/mol. The lowest BCUT2D eigenvalue weighted by molar-refractivity contribution is -0.303. The molecule has 31 heavy (non-hydrogen) atoms. The molecule has 0 aliphatic heterocycles. The van der Waals surface area contributed by atoms with Gasteiger partial charge in [-0.3, -0.25) is 4.98 Å². The molecule has 0 amide bonds. The largest absolute Gasteiger partial charge is 0.417 e. The van der Waals surface area contributed by atoms with Crippen molar-refractivity contribution in [2.75, 3.05) is 6.54 Å². The third kappa shape index (κ3) is 3.71. The Bertz CT molecular complexity index is 1220. The van der Waals surface area contributed by atoms with Crippen molar-refractivity contribution in [1.29, 1.82) is 0 Å². The number of aromatic nitrogens is 1. The van der Waals surface area contributed by atoms with Crippen molar-refractivity contribution >= 4 is 20.9 Å². The Labute approximate surface area is 178 Å². The maximum absolute atomic E-state index is 13.3. The Kier molecular flexibility index (Phi) is 5.11. The maximum Gasteiger partial charge on any atom is 0.417 e. The average Bonchev–Trinajstić information content (AvgIpc) is 2.69. The molecule has 2 N–H and O–H groups in total. The number of sulfonamides is 1. The van der Waals surface area contributed by atoms with Crippen LogP contribution in [0.25, 0.3) is 10.9 Å². The number of benzene rings is 2. The Morgan fingerprint density at radius 2 is 1.74 bits per heavy atom. The zero-order valence-corrected chi connectivity index (χ0v) is 17.5. The number of alkyl halides is 3.